The van der Waals surface area contributed by atoms with Gasteiger partial charge in [-0.1, -0.05) is 6.07 Å². The molecule has 0 saturated carbocycles. The third-order valence-corrected chi connectivity index (χ3v) is 2.66. The van der Waals surface area contributed by atoms with Crippen LogP contribution in [-0.4, -0.2) is 27.1 Å². The highest BCUT2D eigenvalue weighted by atomic mass is 16.4. The second-order valence-electron chi connectivity index (χ2n) is 3.66. The molecule has 0 aliphatic carbocycles. The topological polar surface area (TPSA) is 99.5 Å². The molecular formula is C12H10N2O4. The third-order valence-electron chi connectivity index (χ3n) is 2.66. The molecule has 1 unspecified atom stereocenters. The van der Waals surface area contributed by atoms with Gasteiger partial charge in [-0.15, -0.1) is 0 Å². The van der Waals surface area contributed by atoms with Crippen LogP contribution in [-0.2, 0) is 15.1 Å². The molecule has 1 atom stereocenters. The van der Waals surface area contributed by atoms with Crippen molar-refractivity contribution in [1.29, 1.82) is 0 Å². The number of nitrogens with one attached hydrogen (secondary N) is 1. The van der Waals surface area contributed by atoms with E-state index in [1.807, 2.05) is 0 Å². The van der Waals surface area contributed by atoms with E-state index < -0.39 is 17.5 Å². The van der Waals surface area contributed by atoms with Crippen LogP contribution in [0.4, 0.5) is 0 Å². The largest absolute Gasteiger partial charge is 0.479 e. The van der Waals surface area contributed by atoms with E-state index in [4.69, 9.17) is 5.11 Å². The highest BCUT2D eigenvalue weighted by molar-refractivity contribution is 6.00. The Labute approximate surface area is 102 Å². The molecule has 1 aliphatic rings. The van der Waals surface area contributed by atoms with E-state index in [1.54, 1.807) is 12.1 Å². The molecule has 6 nitrogen and oxygen atoms in total. The first-order valence-corrected chi connectivity index (χ1v) is 5.12. The zero-order valence-corrected chi connectivity index (χ0v) is 9.20. The smallest absolute Gasteiger partial charge is 0.340 e. The number of rotatable bonds is 3. The Kier molecular flexibility index (Phi) is 2.85. The molecule has 0 aromatic carbocycles. The predicted molar refractivity (Wildman–Crippen MR) is 61.5 cm³/mol. The average molecular weight is 246 g/mol. The van der Waals surface area contributed by atoms with Crippen molar-refractivity contribution in [1.82, 2.24) is 10.3 Å². The highest BCUT2D eigenvalue weighted by Crippen LogP contribution is 2.31. The van der Waals surface area contributed by atoms with Crippen LogP contribution in [0.1, 0.15) is 5.69 Å². The Bertz CT molecular complexity index is 550. The monoisotopic (exact) mass is 246 g/mol. The Morgan fingerprint density at radius 1 is 1.28 bits per heavy atom. The van der Waals surface area contributed by atoms with Crippen LogP contribution >= 0.6 is 0 Å². The molecule has 18 heavy (non-hydrogen) atoms. The van der Waals surface area contributed by atoms with Crippen LogP contribution in [0.2, 0.25) is 0 Å². The Morgan fingerprint density at radius 3 is 2.61 bits per heavy atom. The summed E-state index contributed by atoms with van der Waals surface area (Å²) < 4.78 is 0. The summed E-state index contributed by atoms with van der Waals surface area (Å²) in [4.78, 5) is 26.7. The number of aromatic nitrogens is 1. The maximum Gasteiger partial charge on any atom is 0.340 e. The van der Waals surface area contributed by atoms with E-state index in [2.05, 4.69) is 10.3 Å². The Morgan fingerprint density at radius 2 is 2.06 bits per heavy atom. The first-order valence-electron chi connectivity index (χ1n) is 5.12. The number of carboxylic acid groups (broad SMARTS) is 2. The van der Waals surface area contributed by atoms with E-state index in [1.165, 1.54) is 30.6 Å². The lowest BCUT2D eigenvalue weighted by Crippen LogP contribution is -2.52. The predicted octanol–water partition coefficient (Wildman–Crippen LogP) is 0.489. The van der Waals surface area contributed by atoms with Gasteiger partial charge in [-0.05, 0) is 30.5 Å². The molecule has 0 amide bonds. The second kappa shape index (κ2) is 4.33. The average Bonchev–Trinajstić information content (AvgIpc) is 2.39. The number of carbonyl (C=O) groups is 2. The van der Waals surface area contributed by atoms with E-state index in [0.717, 1.165) is 0 Å². The zero-order valence-electron chi connectivity index (χ0n) is 9.20. The number of aliphatic carboxylic acids is 2. The summed E-state index contributed by atoms with van der Waals surface area (Å²) in [6, 6.07) is 4.70. The van der Waals surface area contributed by atoms with E-state index in [9.17, 15) is 14.7 Å². The molecule has 1 aromatic heterocycles. The lowest BCUT2D eigenvalue weighted by molar-refractivity contribution is -0.146. The van der Waals surface area contributed by atoms with Gasteiger partial charge in [0.1, 0.15) is 0 Å². The number of dihydropyridines is 1. The van der Waals surface area contributed by atoms with Crippen molar-refractivity contribution in [2.24, 2.45) is 0 Å². The molecule has 0 spiro atoms. The number of allylic oxidation sites excluding steroid dienone is 2. The number of pyridine rings is 1. The van der Waals surface area contributed by atoms with Gasteiger partial charge in [-0.25, -0.2) is 9.59 Å². The van der Waals surface area contributed by atoms with Gasteiger partial charge in [-0.3, -0.25) is 4.98 Å². The zero-order chi connectivity index (χ0) is 13.2. The molecule has 1 aromatic rings. The highest BCUT2D eigenvalue weighted by Gasteiger charge is 2.48. The van der Waals surface area contributed by atoms with Gasteiger partial charge in [0.15, 0.2) is 0 Å². The minimum absolute atomic E-state index is 0.121. The lowest BCUT2D eigenvalue weighted by Gasteiger charge is -2.31. The van der Waals surface area contributed by atoms with Gasteiger partial charge in [0.2, 0.25) is 5.54 Å². The molecule has 2 rings (SSSR count). The fraction of sp³-hybridized carbons (Fsp3) is 0.0833. The van der Waals surface area contributed by atoms with Crippen LogP contribution in [0.3, 0.4) is 0 Å². The third kappa shape index (κ3) is 1.64. The lowest BCUT2D eigenvalue weighted by atomic mass is 9.84. The molecule has 3 N–H and O–H groups in total. The fourth-order valence-electron chi connectivity index (χ4n) is 1.83. The molecular weight excluding hydrogens is 236 g/mol. The number of carboxylic acids is 2. The van der Waals surface area contributed by atoms with Crippen molar-refractivity contribution in [3.05, 3.63) is 54.0 Å². The Balaban J connectivity index is 2.66. The summed E-state index contributed by atoms with van der Waals surface area (Å²) in [6.07, 6.45) is 5.49. The minimum Gasteiger partial charge on any atom is -0.479 e. The van der Waals surface area contributed by atoms with Crippen molar-refractivity contribution in [3.8, 4) is 0 Å². The molecule has 6 heteroatoms. The summed E-state index contributed by atoms with van der Waals surface area (Å²) in [5.74, 6) is -2.63. The summed E-state index contributed by atoms with van der Waals surface area (Å²) in [6.45, 7) is 0. The van der Waals surface area contributed by atoms with Gasteiger partial charge in [0.05, 0.1) is 11.3 Å². The van der Waals surface area contributed by atoms with Gasteiger partial charge < -0.3 is 15.5 Å². The van der Waals surface area contributed by atoms with Crippen molar-refractivity contribution < 1.29 is 19.8 Å². The van der Waals surface area contributed by atoms with Crippen LogP contribution in [0, 0.1) is 0 Å². The summed E-state index contributed by atoms with van der Waals surface area (Å²) >= 11 is 0. The van der Waals surface area contributed by atoms with Crippen LogP contribution in [0.25, 0.3) is 0 Å². The second-order valence-corrected chi connectivity index (χ2v) is 3.66. The Hall–Kier alpha value is -2.63. The fourth-order valence-corrected chi connectivity index (χ4v) is 1.83. The van der Waals surface area contributed by atoms with Gasteiger partial charge in [-0.2, -0.15) is 0 Å². The van der Waals surface area contributed by atoms with Crippen LogP contribution < -0.4 is 5.32 Å². The van der Waals surface area contributed by atoms with Crippen molar-refractivity contribution in [2.75, 3.05) is 0 Å². The molecule has 1 aliphatic heterocycles. The van der Waals surface area contributed by atoms with Crippen molar-refractivity contribution in [3.63, 3.8) is 0 Å². The number of hydrogen-bond donors (Lipinski definition) is 3. The standard InChI is InChI=1S/C12H10N2O4/c15-10(16)8-4-3-7-14-12(8,11(17)18)9-5-1-2-6-13-9/h1-7,14H,(H,15,16)(H,17,18). The minimum atomic E-state index is -1.86. The molecule has 0 fully saturated rings. The van der Waals surface area contributed by atoms with Crippen LogP contribution in [0.5, 0.6) is 0 Å². The quantitative estimate of drug-likeness (QED) is 0.717. The maximum absolute atomic E-state index is 11.6. The van der Waals surface area contributed by atoms with Gasteiger partial charge in [0, 0.05) is 6.20 Å². The molecule has 2 heterocycles. The molecule has 0 saturated heterocycles. The molecule has 0 bridgehead atoms. The van der Waals surface area contributed by atoms with Crippen molar-refractivity contribution >= 4 is 11.9 Å². The number of hydrogen-bond acceptors (Lipinski definition) is 4. The van der Waals surface area contributed by atoms with Gasteiger partial charge >= 0.3 is 11.9 Å². The normalized spacial score (nSPS) is 21.9. The summed E-state index contributed by atoms with van der Waals surface area (Å²) in [5, 5.41) is 21.2. The molecule has 0 radical (unpaired) electrons. The molecule has 92 valence electrons. The van der Waals surface area contributed by atoms with E-state index in [0.29, 0.717) is 0 Å². The van der Waals surface area contributed by atoms with Crippen LogP contribution in [0.15, 0.2) is 48.3 Å². The maximum atomic E-state index is 11.6. The van der Waals surface area contributed by atoms with E-state index >= 15 is 0 Å². The SMILES string of the molecule is O=C(O)C1=CC=CNC1(C(=O)O)c1ccccn1. The summed E-state index contributed by atoms with van der Waals surface area (Å²) in [7, 11) is 0. The first-order chi connectivity index (χ1) is 8.59. The first kappa shape index (κ1) is 11.8. The number of nitrogens with zero attached hydrogens (tertiary/aromatic N) is 1. The summed E-state index contributed by atoms with van der Waals surface area (Å²) in [5.41, 5.74) is -2.02. The van der Waals surface area contributed by atoms with Crippen molar-refractivity contribution in [2.45, 2.75) is 5.54 Å². The van der Waals surface area contributed by atoms with Gasteiger partial charge in [0.25, 0.3) is 0 Å². The van der Waals surface area contributed by atoms with E-state index in [-0.39, 0.29) is 11.3 Å².